The zero-order chi connectivity index (χ0) is 25.7. The first-order valence-corrected chi connectivity index (χ1v) is 12.2. The van der Waals surface area contributed by atoms with Gasteiger partial charge in [0.1, 0.15) is 11.5 Å². The van der Waals surface area contributed by atoms with Crippen molar-refractivity contribution >= 4 is 28.3 Å². The maximum atomic E-state index is 12.5. The Kier molecular flexibility index (Phi) is 7.47. The molecule has 36 heavy (non-hydrogen) atoms. The summed E-state index contributed by atoms with van der Waals surface area (Å²) in [4.78, 5) is 42.6. The number of rotatable bonds is 8. The topological polar surface area (TPSA) is 130 Å². The maximum absolute atomic E-state index is 12.5. The van der Waals surface area contributed by atoms with Crippen LogP contribution in [-0.4, -0.2) is 50.0 Å². The fourth-order valence-electron chi connectivity index (χ4n) is 3.37. The van der Waals surface area contributed by atoms with Crippen LogP contribution in [0.1, 0.15) is 35.6 Å². The third kappa shape index (κ3) is 5.96. The van der Waals surface area contributed by atoms with Crippen LogP contribution >= 0.6 is 11.3 Å². The van der Waals surface area contributed by atoms with Gasteiger partial charge in [-0.1, -0.05) is 32.0 Å². The quantitative estimate of drug-likeness (QED) is 0.336. The number of nitrogens with zero attached hydrogens (tertiary/aromatic N) is 4. The van der Waals surface area contributed by atoms with Crippen molar-refractivity contribution in [3.63, 3.8) is 0 Å². The molecule has 184 valence electrons. The van der Waals surface area contributed by atoms with Gasteiger partial charge in [-0.15, -0.1) is 11.3 Å². The van der Waals surface area contributed by atoms with E-state index in [9.17, 15) is 14.7 Å². The van der Waals surface area contributed by atoms with Crippen molar-refractivity contribution in [2.45, 2.75) is 26.2 Å². The highest BCUT2D eigenvalue weighted by atomic mass is 32.1. The van der Waals surface area contributed by atoms with Crippen molar-refractivity contribution in [2.24, 2.45) is 0 Å². The van der Waals surface area contributed by atoms with Gasteiger partial charge in [0.05, 0.1) is 30.2 Å². The molecule has 0 fully saturated rings. The summed E-state index contributed by atoms with van der Waals surface area (Å²) in [6, 6.07) is 14.4. The normalized spacial score (nSPS) is 11.2. The number of aromatic nitrogens is 4. The zero-order valence-corrected chi connectivity index (χ0v) is 21.0. The summed E-state index contributed by atoms with van der Waals surface area (Å²) in [5.41, 5.74) is 3.47. The molecule has 10 heteroatoms. The molecule has 3 N–H and O–H groups in total. The largest absolute Gasteiger partial charge is 0.395 e. The number of thiazole rings is 1. The standard InChI is InChI=1S/C26H26N6O3S/c1-16-27-11-10-21(29-16)19-8-5-9-20(30-19)22-14-36-25(31-22)32-23(34)13-28-24(35)17-6-4-7-18(12-17)26(2,3)15-33/h4-12,14,33H,13,15H2,1-3H3,(H,28,35)(H,31,32,34). The number of benzene rings is 1. The summed E-state index contributed by atoms with van der Waals surface area (Å²) in [5, 5.41) is 17.1. The molecule has 0 spiro atoms. The third-order valence-electron chi connectivity index (χ3n) is 5.51. The van der Waals surface area contributed by atoms with E-state index in [-0.39, 0.29) is 19.1 Å². The maximum Gasteiger partial charge on any atom is 0.251 e. The molecule has 3 aromatic heterocycles. The Labute approximate surface area is 212 Å². The molecule has 9 nitrogen and oxygen atoms in total. The van der Waals surface area contributed by atoms with E-state index in [0.717, 1.165) is 5.56 Å². The Balaban J connectivity index is 1.37. The van der Waals surface area contributed by atoms with E-state index in [4.69, 9.17) is 0 Å². The number of anilines is 1. The first kappa shape index (κ1) is 25.1. The van der Waals surface area contributed by atoms with Crippen molar-refractivity contribution in [3.05, 3.63) is 77.1 Å². The highest BCUT2D eigenvalue weighted by Crippen LogP contribution is 2.26. The fraction of sp³-hybridized carbons (Fsp3) is 0.231. The highest BCUT2D eigenvalue weighted by molar-refractivity contribution is 7.14. The van der Waals surface area contributed by atoms with Crippen LogP contribution in [0.4, 0.5) is 5.13 Å². The van der Waals surface area contributed by atoms with Gasteiger partial charge < -0.3 is 15.7 Å². The lowest BCUT2D eigenvalue weighted by atomic mass is 9.85. The van der Waals surface area contributed by atoms with Gasteiger partial charge in [-0.3, -0.25) is 9.59 Å². The van der Waals surface area contributed by atoms with Crippen LogP contribution in [0.2, 0.25) is 0 Å². The van der Waals surface area contributed by atoms with E-state index in [1.807, 2.05) is 45.0 Å². The summed E-state index contributed by atoms with van der Waals surface area (Å²) < 4.78 is 0. The molecule has 3 heterocycles. The molecule has 0 aliphatic carbocycles. The third-order valence-corrected chi connectivity index (χ3v) is 6.27. The minimum Gasteiger partial charge on any atom is -0.395 e. The van der Waals surface area contributed by atoms with Crippen molar-refractivity contribution in [3.8, 4) is 22.8 Å². The van der Waals surface area contributed by atoms with Gasteiger partial charge in [-0.25, -0.2) is 19.9 Å². The number of pyridine rings is 1. The van der Waals surface area contributed by atoms with E-state index in [2.05, 4.69) is 30.6 Å². The zero-order valence-electron chi connectivity index (χ0n) is 20.1. The summed E-state index contributed by atoms with van der Waals surface area (Å²) in [6.45, 7) is 5.35. The first-order chi connectivity index (χ1) is 17.2. The summed E-state index contributed by atoms with van der Waals surface area (Å²) in [5.74, 6) is -0.108. The Bertz CT molecular complexity index is 1400. The molecule has 4 rings (SSSR count). The number of hydrogen-bond acceptors (Lipinski definition) is 8. The first-order valence-electron chi connectivity index (χ1n) is 11.3. The van der Waals surface area contributed by atoms with Crippen molar-refractivity contribution in [1.82, 2.24) is 25.3 Å². The van der Waals surface area contributed by atoms with Gasteiger partial charge in [0, 0.05) is 22.6 Å². The van der Waals surface area contributed by atoms with E-state index in [1.54, 1.807) is 35.8 Å². The smallest absolute Gasteiger partial charge is 0.251 e. The van der Waals surface area contributed by atoms with Gasteiger partial charge in [-0.2, -0.15) is 0 Å². The number of carbonyl (C=O) groups excluding carboxylic acids is 2. The lowest BCUT2D eigenvalue weighted by Gasteiger charge is -2.22. The lowest BCUT2D eigenvalue weighted by molar-refractivity contribution is -0.115. The van der Waals surface area contributed by atoms with Gasteiger partial charge in [0.15, 0.2) is 5.13 Å². The van der Waals surface area contributed by atoms with E-state index < -0.39 is 11.3 Å². The number of aliphatic hydroxyl groups excluding tert-OH is 1. The van der Waals surface area contributed by atoms with Gasteiger partial charge >= 0.3 is 0 Å². The van der Waals surface area contributed by atoms with Gasteiger partial charge in [0.2, 0.25) is 5.91 Å². The number of carbonyl (C=O) groups is 2. The second-order valence-corrected chi connectivity index (χ2v) is 9.65. The second kappa shape index (κ2) is 10.7. The molecule has 0 bridgehead atoms. The Hall–Kier alpha value is -4.02. The predicted octanol–water partition coefficient (Wildman–Crippen LogP) is 3.61. The molecule has 4 aromatic rings. The van der Waals surface area contributed by atoms with Crippen LogP contribution in [0, 0.1) is 6.92 Å². The van der Waals surface area contributed by atoms with E-state index in [0.29, 0.717) is 39.3 Å². The summed E-state index contributed by atoms with van der Waals surface area (Å²) in [7, 11) is 0. The summed E-state index contributed by atoms with van der Waals surface area (Å²) >= 11 is 1.27. The number of hydrogen-bond donors (Lipinski definition) is 3. The van der Waals surface area contributed by atoms with Crippen LogP contribution in [-0.2, 0) is 10.2 Å². The number of nitrogens with one attached hydrogen (secondary N) is 2. The van der Waals surface area contributed by atoms with Crippen LogP contribution in [0.15, 0.2) is 60.1 Å². The molecule has 0 aliphatic heterocycles. The number of aliphatic hydroxyl groups is 1. The number of aryl methyl sites for hydroxylation is 1. The summed E-state index contributed by atoms with van der Waals surface area (Å²) in [6.07, 6.45) is 1.69. The lowest BCUT2D eigenvalue weighted by Crippen LogP contribution is -2.33. The molecule has 0 atom stereocenters. The Morgan fingerprint density at radius 3 is 2.44 bits per heavy atom. The van der Waals surface area contributed by atoms with Crippen molar-refractivity contribution in [1.29, 1.82) is 0 Å². The van der Waals surface area contributed by atoms with Crippen LogP contribution in [0.25, 0.3) is 22.8 Å². The Morgan fingerprint density at radius 1 is 0.972 bits per heavy atom. The molecule has 0 unspecified atom stereocenters. The number of amides is 2. The van der Waals surface area contributed by atoms with E-state index in [1.165, 1.54) is 11.3 Å². The van der Waals surface area contributed by atoms with Gasteiger partial charge in [-0.05, 0) is 42.8 Å². The van der Waals surface area contributed by atoms with Crippen LogP contribution in [0.5, 0.6) is 0 Å². The SMILES string of the molecule is Cc1nccc(-c2cccc(-c3csc(NC(=O)CNC(=O)c4cccc(C(C)(C)CO)c4)n3)n2)n1. The monoisotopic (exact) mass is 502 g/mol. The Morgan fingerprint density at radius 2 is 1.69 bits per heavy atom. The minimum absolute atomic E-state index is 0.0452. The molecule has 0 aliphatic rings. The van der Waals surface area contributed by atoms with Crippen molar-refractivity contribution in [2.75, 3.05) is 18.5 Å². The molecule has 1 aromatic carbocycles. The minimum atomic E-state index is -0.474. The average Bonchev–Trinajstić information content (AvgIpc) is 3.36. The van der Waals surface area contributed by atoms with E-state index >= 15 is 0 Å². The molecule has 0 saturated carbocycles. The van der Waals surface area contributed by atoms with Crippen LogP contribution < -0.4 is 10.6 Å². The second-order valence-electron chi connectivity index (χ2n) is 8.79. The van der Waals surface area contributed by atoms with Crippen molar-refractivity contribution < 1.29 is 14.7 Å². The highest BCUT2D eigenvalue weighted by Gasteiger charge is 2.20. The fourth-order valence-corrected chi connectivity index (χ4v) is 4.09. The molecule has 2 amide bonds. The average molecular weight is 503 g/mol. The molecule has 0 radical (unpaired) electrons. The predicted molar refractivity (Wildman–Crippen MR) is 139 cm³/mol. The van der Waals surface area contributed by atoms with Gasteiger partial charge in [0.25, 0.3) is 5.91 Å². The molecule has 0 saturated heterocycles. The molecular weight excluding hydrogens is 476 g/mol. The van der Waals surface area contributed by atoms with Crippen LogP contribution in [0.3, 0.4) is 0 Å². The molecular formula is C26H26N6O3S.